The lowest BCUT2D eigenvalue weighted by Crippen LogP contribution is -2.24. The summed E-state index contributed by atoms with van der Waals surface area (Å²) in [7, 11) is 0. The first kappa shape index (κ1) is 16.8. The number of hydrogen-bond donors (Lipinski definition) is 1. The highest BCUT2D eigenvalue weighted by molar-refractivity contribution is 9.10. The van der Waals surface area contributed by atoms with E-state index in [2.05, 4.69) is 21.2 Å². The van der Waals surface area contributed by atoms with Crippen LogP contribution in [-0.2, 0) is 6.42 Å². The van der Waals surface area contributed by atoms with E-state index in [9.17, 15) is 4.39 Å². The minimum Gasteiger partial charge on any atom is -0.310 e. The number of likely N-dealkylation sites (N-methyl/N-ethyl adjacent to an activating group) is 1. The van der Waals surface area contributed by atoms with Gasteiger partial charge in [-0.05, 0) is 58.7 Å². The summed E-state index contributed by atoms with van der Waals surface area (Å²) in [4.78, 5) is 0. The molecule has 0 fully saturated rings. The molecule has 5 heteroatoms. The largest absolute Gasteiger partial charge is 0.310 e. The molecule has 0 saturated heterocycles. The summed E-state index contributed by atoms with van der Waals surface area (Å²) in [6, 6.07) is 10.5. The van der Waals surface area contributed by atoms with Crippen LogP contribution in [0.5, 0.6) is 0 Å². The van der Waals surface area contributed by atoms with Crippen LogP contribution in [0.25, 0.3) is 0 Å². The van der Waals surface area contributed by atoms with Gasteiger partial charge in [0.15, 0.2) is 0 Å². The van der Waals surface area contributed by atoms with Gasteiger partial charge in [-0.2, -0.15) is 0 Å². The van der Waals surface area contributed by atoms with Gasteiger partial charge in [0.05, 0.1) is 4.47 Å². The lowest BCUT2D eigenvalue weighted by molar-refractivity contribution is 0.507. The standard InChI is InChI=1S/C16H15BrCl2FN/c1-2-21-15(12-4-3-5-13(17)16(12)20)9-10-8-11(18)6-7-14(10)19/h3-8,15,21H,2,9H2,1H3. The lowest BCUT2D eigenvalue weighted by atomic mass is 9.98. The third kappa shape index (κ3) is 4.19. The van der Waals surface area contributed by atoms with E-state index in [-0.39, 0.29) is 11.9 Å². The summed E-state index contributed by atoms with van der Waals surface area (Å²) < 4.78 is 14.8. The molecular formula is C16H15BrCl2FN. The summed E-state index contributed by atoms with van der Waals surface area (Å²) in [5.74, 6) is -0.249. The normalized spacial score (nSPS) is 12.4. The van der Waals surface area contributed by atoms with Crippen LogP contribution in [0.2, 0.25) is 10.0 Å². The maximum atomic E-state index is 14.3. The Balaban J connectivity index is 2.35. The van der Waals surface area contributed by atoms with E-state index in [1.165, 1.54) is 0 Å². The second-order valence-corrected chi connectivity index (χ2v) is 6.39. The topological polar surface area (TPSA) is 12.0 Å². The molecule has 2 aromatic rings. The summed E-state index contributed by atoms with van der Waals surface area (Å²) in [6.07, 6.45) is 0.570. The zero-order chi connectivity index (χ0) is 15.4. The van der Waals surface area contributed by atoms with Crippen LogP contribution in [0.1, 0.15) is 24.1 Å². The summed E-state index contributed by atoms with van der Waals surface area (Å²) in [5.41, 5.74) is 1.51. The molecule has 1 N–H and O–H groups in total. The molecule has 2 rings (SSSR count). The van der Waals surface area contributed by atoms with Crippen LogP contribution in [0, 0.1) is 5.82 Å². The maximum Gasteiger partial charge on any atom is 0.142 e. The molecular weight excluding hydrogens is 376 g/mol. The number of rotatable bonds is 5. The van der Waals surface area contributed by atoms with Crippen molar-refractivity contribution >= 4 is 39.1 Å². The molecule has 0 aliphatic rings. The zero-order valence-corrected chi connectivity index (χ0v) is 14.6. The first-order chi connectivity index (χ1) is 10.0. The van der Waals surface area contributed by atoms with Crippen LogP contribution < -0.4 is 5.32 Å². The molecule has 0 spiro atoms. The molecule has 0 radical (unpaired) electrons. The SMILES string of the molecule is CCNC(Cc1cc(Cl)ccc1Cl)c1cccc(Br)c1F. The molecule has 1 nitrogen and oxygen atoms in total. The van der Waals surface area contributed by atoms with Crippen LogP contribution in [0.3, 0.4) is 0 Å². The zero-order valence-electron chi connectivity index (χ0n) is 11.5. The Hall–Kier alpha value is -0.610. The lowest BCUT2D eigenvalue weighted by Gasteiger charge is -2.20. The van der Waals surface area contributed by atoms with Crippen molar-refractivity contribution in [2.75, 3.05) is 6.54 Å². The molecule has 21 heavy (non-hydrogen) atoms. The predicted molar refractivity (Wildman–Crippen MR) is 90.7 cm³/mol. The molecule has 0 aliphatic carbocycles. The van der Waals surface area contributed by atoms with E-state index in [1.54, 1.807) is 24.3 Å². The highest BCUT2D eigenvalue weighted by atomic mass is 79.9. The van der Waals surface area contributed by atoms with Gasteiger partial charge in [0, 0.05) is 21.7 Å². The van der Waals surface area contributed by atoms with E-state index in [0.29, 0.717) is 26.5 Å². The minimum absolute atomic E-state index is 0.163. The molecule has 1 atom stereocenters. The van der Waals surface area contributed by atoms with Crippen molar-refractivity contribution in [1.82, 2.24) is 5.32 Å². The van der Waals surface area contributed by atoms with Gasteiger partial charge in [-0.1, -0.05) is 42.3 Å². The van der Waals surface area contributed by atoms with Gasteiger partial charge >= 0.3 is 0 Å². The quantitative estimate of drug-likeness (QED) is 0.681. The highest BCUT2D eigenvalue weighted by Gasteiger charge is 2.18. The van der Waals surface area contributed by atoms with Gasteiger partial charge in [-0.25, -0.2) is 4.39 Å². The molecule has 0 heterocycles. The van der Waals surface area contributed by atoms with Crippen LogP contribution >= 0.6 is 39.1 Å². The summed E-state index contributed by atoms with van der Waals surface area (Å²) in [5, 5.41) is 4.56. The third-order valence-corrected chi connectivity index (χ3v) is 4.46. The van der Waals surface area contributed by atoms with Gasteiger partial charge in [0.2, 0.25) is 0 Å². The molecule has 0 bridgehead atoms. The molecule has 0 saturated carbocycles. The monoisotopic (exact) mass is 389 g/mol. The number of hydrogen-bond acceptors (Lipinski definition) is 1. The Bertz CT molecular complexity index is 634. The van der Waals surface area contributed by atoms with Crippen molar-refractivity contribution < 1.29 is 4.39 Å². The Morgan fingerprint density at radius 2 is 2.00 bits per heavy atom. The fraction of sp³-hybridized carbons (Fsp3) is 0.250. The second-order valence-electron chi connectivity index (χ2n) is 4.69. The fourth-order valence-corrected chi connectivity index (χ4v) is 3.02. The van der Waals surface area contributed by atoms with E-state index >= 15 is 0 Å². The van der Waals surface area contributed by atoms with Gasteiger partial charge in [-0.3, -0.25) is 0 Å². The van der Waals surface area contributed by atoms with Crippen molar-refractivity contribution in [3.8, 4) is 0 Å². The van der Waals surface area contributed by atoms with Crippen molar-refractivity contribution in [2.45, 2.75) is 19.4 Å². The first-order valence-corrected chi connectivity index (χ1v) is 8.19. The Labute approximate surface area is 142 Å². The molecule has 1 unspecified atom stereocenters. The maximum absolute atomic E-state index is 14.3. The average Bonchev–Trinajstić information content (AvgIpc) is 2.45. The van der Waals surface area contributed by atoms with Gasteiger partial charge < -0.3 is 5.32 Å². The summed E-state index contributed by atoms with van der Waals surface area (Å²) >= 11 is 15.5. The van der Waals surface area contributed by atoms with E-state index in [1.807, 2.05) is 19.1 Å². The highest BCUT2D eigenvalue weighted by Crippen LogP contribution is 2.29. The molecule has 2 aromatic carbocycles. The average molecular weight is 391 g/mol. The number of benzene rings is 2. The molecule has 0 amide bonds. The Morgan fingerprint density at radius 3 is 2.71 bits per heavy atom. The molecule has 0 aromatic heterocycles. The van der Waals surface area contributed by atoms with Gasteiger partial charge in [-0.15, -0.1) is 0 Å². The van der Waals surface area contributed by atoms with Crippen molar-refractivity contribution in [1.29, 1.82) is 0 Å². The third-order valence-electron chi connectivity index (χ3n) is 3.24. The minimum atomic E-state index is -0.249. The van der Waals surface area contributed by atoms with Crippen molar-refractivity contribution in [3.63, 3.8) is 0 Å². The van der Waals surface area contributed by atoms with Crippen molar-refractivity contribution in [3.05, 3.63) is 67.9 Å². The van der Waals surface area contributed by atoms with E-state index in [0.717, 1.165) is 12.1 Å². The number of nitrogens with one attached hydrogen (secondary N) is 1. The second kappa shape index (κ2) is 7.59. The van der Waals surface area contributed by atoms with Crippen LogP contribution in [0.15, 0.2) is 40.9 Å². The van der Waals surface area contributed by atoms with Gasteiger partial charge in [0.1, 0.15) is 5.82 Å². The van der Waals surface area contributed by atoms with E-state index < -0.39 is 0 Å². The van der Waals surface area contributed by atoms with Crippen LogP contribution in [0.4, 0.5) is 4.39 Å². The first-order valence-electron chi connectivity index (χ1n) is 6.64. The number of halogens is 4. The Morgan fingerprint density at radius 1 is 1.24 bits per heavy atom. The smallest absolute Gasteiger partial charge is 0.142 e. The Kier molecular flexibility index (Phi) is 6.06. The fourth-order valence-electron chi connectivity index (χ4n) is 2.25. The predicted octanol–water partition coefficient (Wildman–Crippen LogP) is 5.79. The summed E-state index contributed by atoms with van der Waals surface area (Å²) in [6.45, 7) is 2.72. The molecule has 0 aliphatic heterocycles. The van der Waals surface area contributed by atoms with Crippen molar-refractivity contribution in [2.24, 2.45) is 0 Å². The molecule has 112 valence electrons. The van der Waals surface area contributed by atoms with Gasteiger partial charge in [0.25, 0.3) is 0 Å². The van der Waals surface area contributed by atoms with Crippen LogP contribution in [-0.4, -0.2) is 6.54 Å². The van der Waals surface area contributed by atoms with E-state index in [4.69, 9.17) is 23.2 Å².